The molecule has 1 aliphatic heterocycles. The van der Waals surface area contributed by atoms with Crippen LogP contribution in [0.3, 0.4) is 0 Å². The summed E-state index contributed by atoms with van der Waals surface area (Å²) >= 11 is 1.92. The first kappa shape index (κ1) is 16.5. The van der Waals surface area contributed by atoms with Gasteiger partial charge in [-0.25, -0.2) is 28.1 Å². The number of nitrogens with one attached hydrogen (secondary N) is 1. The van der Waals surface area contributed by atoms with Crippen molar-refractivity contribution >= 4 is 45.3 Å². The van der Waals surface area contributed by atoms with Gasteiger partial charge in [0.25, 0.3) is 0 Å². The van der Waals surface area contributed by atoms with Gasteiger partial charge in [0.2, 0.25) is 0 Å². The van der Waals surface area contributed by atoms with Gasteiger partial charge in [-0.3, -0.25) is 4.57 Å². The molecule has 0 saturated carbocycles. The lowest BCUT2D eigenvalue weighted by Crippen LogP contribution is -2.08. The highest BCUT2D eigenvalue weighted by Crippen LogP contribution is 2.30. The monoisotopic (exact) mass is 461 g/mol. The normalized spacial score (nSPS) is 17.4. The molecule has 6 nitrogen and oxygen atoms in total. The van der Waals surface area contributed by atoms with Crippen LogP contribution in [0, 0.1) is 21.3 Å². The zero-order chi connectivity index (χ0) is 17.6. The van der Waals surface area contributed by atoms with Crippen LogP contribution >= 0.6 is 22.6 Å². The van der Waals surface area contributed by atoms with Gasteiger partial charge in [0, 0.05) is 29.2 Å². The first-order valence-electron chi connectivity index (χ1n) is 7.47. The number of rotatable bonds is 3. The van der Waals surface area contributed by atoms with Crippen LogP contribution in [0.2, 0.25) is 0 Å². The Hall–Kier alpha value is -1.95. The minimum Gasteiger partial charge on any atom is -0.358 e. The first-order valence-corrected chi connectivity index (χ1v) is 8.54. The molecule has 1 aromatic carbocycles. The zero-order valence-electron chi connectivity index (χ0n) is 12.6. The van der Waals surface area contributed by atoms with E-state index in [0.29, 0.717) is 21.6 Å². The van der Waals surface area contributed by atoms with Crippen LogP contribution in [0.4, 0.5) is 24.7 Å². The van der Waals surface area contributed by atoms with E-state index in [-0.39, 0.29) is 17.7 Å². The van der Waals surface area contributed by atoms with Crippen LogP contribution in [0.25, 0.3) is 11.2 Å². The largest absolute Gasteiger partial charge is 0.358 e. The van der Waals surface area contributed by atoms with Crippen molar-refractivity contribution < 1.29 is 17.9 Å². The standard InChI is InChI=1S/C15H11F3IN5O/c16-7-3-4-8(11(18)10(7)17)21-13-12-14(23-15(19)22-13)24(6-20-12)9-2-1-5-25-9/h3-4,6,9H,1-2,5H2,(H,21,22,23). The van der Waals surface area contributed by atoms with Gasteiger partial charge < -0.3 is 10.1 Å². The summed E-state index contributed by atoms with van der Waals surface area (Å²) < 4.78 is 48.3. The number of hydrogen-bond donors (Lipinski definition) is 1. The fourth-order valence-electron chi connectivity index (χ4n) is 2.72. The predicted octanol–water partition coefficient (Wildman–Crippen LogP) is 3.90. The third-order valence-electron chi connectivity index (χ3n) is 3.90. The fraction of sp³-hybridized carbons (Fsp3) is 0.267. The summed E-state index contributed by atoms with van der Waals surface area (Å²) in [7, 11) is 0. The Labute approximate surface area is 153 Å². The van der Waals surface area contributed by atoms with E-state index in [1.54, 1.807) is 10.9 Å². The minimum atomic E-state index is -1.55. The quantitative estimate of drug-likeness (QED) is 0.364. The number of nitrogens with zero attached hydrogens (tertiary/aromatic N) is 4. The number of halogens is 4. The van der Waals surface area contributed by atoms with Crippen molar-refractivity contribution in [1.82, 2.24) is 19.5 Å². The Balaban J connectivity index is 1.79. The number of anilines is 2. The SMILES string of the molecule is Fc1ccc(Nc2nc(I)nc3c2ncn3C2CCCO2)c(F)c1F. The number of hydrogen-bond acceptors (Lipinski definition) is 5. The smallest absolute Gasteiger partial charge is 0.196 e. The second kappa shape index (κ2) is 6.41. The van der Waals surface area contributed by atoms with E-state index in [0.717, 1.165) is 25.0 Å². The van der Waals surface area contributed by atoms with Crippen LogP contribution in [-0.4, -0.2) is 26.1 Å². The molecule has 1 saturated heterocycles. The molecule has 1 aliphatic rings. The molecule has 2 aromatic heterocycles. The molecule has 1 unspecified atom stereocenters. The minimum absolute atomic E-state index is 0.163. The molecular formula is C15H11F3IN5O. The topological polar surface area (TPSA) is 64.9 Å². The molecule has 0 radical (unpaired) electrons. The lowest BCUT2D eigenvalue weighted by molar-refractivity contribution is 0.0592. The van der Waals surface area contributed by atoms with Gasteiger partial charge in [-0.15, -0.1) is 0 Å². The second-order valence-electron chi connectivity index (χ2n) is 5.48. The van der Waals surface area contributed by atoms with Crippen molar-refractivity contribution in [1.29, 1.82) is 0 Å². The molecule has 130 valence electrons. The fourth-order valence-corrected chi connectivity index (χ4v) is 3.19. The molecule has 0 aliphatic carbocycles. The summed E-state index contributed by atoms with van der Waals surface area (Å²) in [6.45, 7) is 0.664. The average Bonchev–Trinajstić information content (AvgIpc) is 3.24. The molecule has 0 amide bonds. The Kier molecular flexibility index (Phi) is 4.23. The number of fused-ring (bicyclic) bond motifs is 1. The summed E-state index contributed by atoms with van der Waals surface area (Å²) in [6, 6.07) is 1.95. The molecule has 1 N–H and O–H groups in total. The zero-order valence-corrected chi connectivity index (χ0v) is 14.8. The maximum Gasteiger partial charge on any atom is 0.196 e. The van der Waals surface area contributed by atoms with Gasteiger partial charge in [0.1, 0.15) is 6.23 Å². The Bertz CT molecular complexity index is 958. The Morgan fingerprint density at radius 2 is 2.04 bits per heavy atom. The van der Waals surface area contributed by atoms with E-state index in [1.165, 1.54) is 0 Å². The van der Waals surface area contributed by atoms with Gasteiger partial charge in [0.05, 0.1) is 12.0 Å². The third kappa shape index (κ3) is 2.92. The first-order chi connectivity index (χ1) is 12.0. The van der Waals surface area contributed by atoms with Crippen molar-refractivity contribution in [3.05, 3.63) is 39.7 Å². The van der Waals surface area contributed by atoms with Gasteiger partial charge in [-0.05, 0) is 25.0 Å². The van der Waals surface area contributed by atoms with E-state index in [4.69, 9.17) is 4.74 Å². The van der Waals surface area contributed by atoms with E-state index < -0.39 is 17.5 Å². The lowest BCUT2D eigenvalue weighted by Gasteiger charge is -2.12. The lowest BCUT2D eigenvalue weighted by atomic mass is 10.2. The molecular weight excluding hydrogens is 450 g/mol. The van der Waals surface area contributed by atoms with Crippen LogP contribution in [0.1, 0.15) is 19.1 Å². The predicted molar refractivity (Wildman–Crippen MR) is 91.9 cm³/mol. The maximum atomic E-state index is 13.9. The van der Waals surface area contributed by atoms with Crippen LogP contribution in [0.15, 0.2) is 18.5 Å². The summed E-state index contributed by atoms with van der Waals surface area (Å²) in [5.74, 6) is -3.92. The molecule has 1 fully saturated rings. The van der Waals surface area contributed by atoms with Gasteiger partial charge in [-0.2, -0.15) is 0 Å². The molecule has 1 atom stereocenters. The molecule has 3 aromatic rings. The van der Waals surface area contributed by atoms with Crippen molar-refractivity contribution in [2.24, 2.45) is 0 Å². The van der Waals surface area contributed by atoms with Crippen LogP contribution in [-0.2, 0) is 4.74 Å². The maximum absolute atomic E-state index is 13.9. The van der Waals surface area contributed by atoms with Crippen molar-refractivity contribution in [2.45, 2.75) is 19.1 Å². The summed E-state index contributed by atoms with van der Waals surface area (Å²) in [5, 5.41) is 2.67. The van der Waals surface area contributed by atoms with Gasteiger partial charge >= 0.3 is 0 Å². The molecule has 0 bridgehead atoms. The van der Waals surface area contributed by atoms with E-state index in [2.05, 4.69) is 20.3 Å². The van der Waals surface area contributed by atoms with E-state index >= 15 is 0 Å². The third-order valence-corrected chi connectivity index (χ3v) is 4.38. The summed E-state index contributed by atoms with van der Waals surface area (Å²) in [5.41, 5.74) is 0.679. The Morgan fingerprint density at radius 3 is 2.80 bits per heavy atom. The highest BCUT2D eigenvalue weighted by atomic mass is 127. The number of aromatic nitrogens is 4. The number of benzene rings is 1. The van der Waals surface area contributed by atoms with Crippen LogP contribution < -0.4 is 5.32 Å². The highest BCUT2D eigenvalue weighted by molar-refractivity contribution is 14.1. The number of imidazole rings is 1. The molecule has 3 heterocycles. The van der Waals surface area contributed by atoms with Crippen molar-refractivity contribution in [2.75, 3.05) is 11.9 Å². The van der Waals surface area contributed by atoms with Gasteiger partial charge in [0.15, 0.2) is 38.3 Å². The van der Waals surface area contributed by atoms with E-state index in [9.17, 15) is 13.2 Å². The molecule has 0 spiro atoms. The Morgan fingerprint density at radius 1 is 1.20 bits per heavy atom. The highest BCUT2D eigenvalue weighted by Gasteiger charge is 2.23. The van der Waals surface area contributed by atoms with Crippen LogP contribution in [0.5, 0.6) is 0 Å². The molecule has 10 heteroatoms. The number of ether oxygens (including phenoxy) is 1. The second-order valence-corrected chi connectivity index (χ2v) is 6.45. The average molecular weight is 461 g/mol. The van der Waals surface area contributed by atoms with E-state index in [1.807, 2.05) is 22.6 Å². The molecule has 4 rings (SSSR count). The summed E-state index contributed by atoms with van der Waals surface area (Å²) in [4.78, 5) is 12.8. The van der Waals surface area contributed by atoms with Crippen molar-refractivity contribution in [3.63, 3.8) is 0 Å². The van der Waals surface area contributed by atoms with Crippen molar-refractivity contribution in [3.8, 4) is 0 Å². The van der Waals surface area contributed by atoms with Gasteiger partial charge in [-0.1, -0.05) is 0 Å². The summed E-state index contributed by atoms with van der Waals surface area (Å²) in [6.07, 6.45) is 3.20. The molecule has 25 heavy (non-hydrogen) atoms.